The van der Waals surface area contributed by atoms with Crippen LogP contribution in [0.1, 0.15) is 13.3 Å². The van der Waals surface area contributed by atoms with Gasteiger partial charge in [-0.25, -0.2) is 0 Å². The maximum atomic E-state index is 5.63. The van der Waals surface area contributed by atoms with Gasteiger partial charge in [-0.15, -0.1) is 0 Å². The van der Waals surface area contributed by atoms with Gasteiger partial charge in [0.15, 0.2) is 0 Å². The lowest BCUT2D eigenvalue weighted by molar-refractivity contribution is -0.118. The largest absolute Gasteiger partial charge is 0.378 e. The molecule has 106 valence electrons. The zero-order valence-electron chi connectivity index (χ0n) is 10.8. The predicted molar refractivity (Wildman–Crippen MR) is 87.8 cm³/mol. The average Bonchev–Trinajstić information content (AvgIpc) is 2.31. The zero-order chi connectivity index (χ0) is 14.0. The second-order valence-electron chi connectivity index (χ2n) is 4.43. The minimum Gasteiger partial charge on any atom is -0.378 e. The molecular formula is C13H16Br3NO2. The summed E-state index contributed by atoms with van der Waals surface area (Å²) in [5.41, 5.74) is 1.05. The monoisotopic (exact) mass is 455 g/mol. The molecule has 3 atom stereocenters. The molecule has 0 radical (unpaired) electrons. The van der Waals surface area contributed by atoms with Crippen LogP contribution < -0.4 is 5.32 Å². The average molecular weight is 458 g/mol. The maximum Gasteiger partial charge on any atom is 0.103 e. The van der Waals surface area contributed by atoms with Gasteiger partial charge in [0.05, 0.1) is 17.8 Å². The summed E-state index contributed by atoms with van der Waals surface area (Å²) < 4.78 is 14.2. The van der Waals surface area contributed by atoms with Crippen LogP contribution in [0.2, 0.25) is 0 Å². The molecule has 0 aliphatic heterocycles. The Morgan fingerprint density at radius 1 is 1.26 bits per heavy atom. The molecule has 0 heterocycles. The summed E-state index contributed by atoms with van der Waals surface area (Å²) in [6.07, 6.45) is 1.25. The van der Waals surface area contributed by atoms with Crippen LogP contribution in [0.3, 0.4) is 0 Å². The van der Waals surface area contributed by atoms with Gasteiger partial charge in [0.1, 0.15) is 6.10 Å². The summed E-state index contributed by atoms with van der Waals surface area (Å²) >= 11 is 10.6. The first-order valence-electron chi connectivity index (χ1n) is 6.12. The van der Waals surface area contributed by atoms with Crippen molar-refractivity contribution in [2.75, 3.05) is 19.0 Å². The molecular weight excluding hydrogens is 442 g/mol. The molecule has 19 heavy (non-hydrogen) atoms. The Balaban J connectivity index is 2.07. The third kappa shape index (κ3) is 3.53. The normalized spacial score (nSPS) is 26.1. The second-order valence-corrected chi connectivity index (χ2v) is 7.05. The quantitative estimate of drug-likeness (QED) is 0.702. The summed E-state index contributed by atoms with van der Waals surface area (Å²) in [6.45, 7) is 2.73. The highest BCUT2D eigenvalue weighted by molar-refractivity contribution is 9.11. The Labute approximate surface area is 138 Å². The molecule has 1 aliphatic rings. The summed E-state index contributed by atoms with van der Waals surface area (Å²) in [7, 11) is 1.73. The van der Waals surface area contributed by atoms with Crippen LogP contribution in [0.25, 0.3) is 0 Å². The molecule has 0 aromatic heterocycles. The van der Waals surface area contributed by atoms with Crippen molar-refractivity contribution in [1.29, 1.82) is 0 Å². The van der Waals surface area contributed by atoms with Crippen molar-refractivity contribution in [2.24, 2.45) is 0 Å². The molecule has 1 fully saturated rings. The molecule has 3 nitrogen and oxygen atoms in total. The first-order chi connectivity index (χ1) is 9.06. The Bertz CT molecular complexity index is 433. The number of methoxy groups -OCH3 is 1. The molecule has 0 bridgehead atoms. The molecule has 6 heteroatoms. The van der Waals surface area contributed by atoms with E-state index in [0.29, 0.717) is 0 Å². The predicted octanol–water partition coefficient (Wildman–Crippen LogP) is 4.58. The van der Waals surface area contributed by atoms with E-state index < -0.39 is 0 Å². The molecule has 1 aliphatic carbocycles. The minimum absolute atomic E-state index is 0.0994. The van der Waals surface area contributed by atoms with Crippen molar-refractivity contribution < 1.29 is 9.47 Å². The summed E-state index contributed by atoms with van der Waals surface area (Å²) in [5, 5.41) is 3.51. The van der Waals surface area contributed by atoms with Crippen LogP contribution in [-0.4, -0.2) is 32.0 Å². The van der Waals surface area contributed by atoms with E-state index in [9.17, 15) is 0 Å². The van der Waals surface area contributed by atoms with E-state index in [0.717, 1.165) is 32.1 Å². The van der Waals surface area contributed by atoms with Crippen LogP contribution in [0.5, 0.6) is 0 Å². The zero-order valence-corrected chi connectivity index (χ0v) is 15.5. The highest BCUT2D eigenvalue weighted by atomic mass is 79.9. The van der Waals surface area contributed by atoms with Crippen LogP contribution in [0.15, 0.2) is 25.6 Å². The fourth-order valence-electron chi connectivity index (χ4n) is 2.28. The molecule has 0 amide bonds. The molecule has 1 aromatic rings. The number of hydrogen-bond acceptors (Lipinski definition) is 3. The third-order valence-corrected chi connectivity index (χ3v) is 4.95. The van der Waals surface area contributed by atoms with Crippen molar-refractivity contribution in [1.82, 2.24) is 0 Å². The lowest BCUT2D eigenvalue weighted by Gasteiger charge is -2.44. The fourth-order valence-corrected chi connectivity index (χ4v) is 4.77. The molecule has 0 saturated heterocycles. The van der Waals surface area contributed by atoms with Crippen LogP contribution >= 0.6 is 47.8 Å². The lowest BCUT2D eigenvalue weighted by atomic mass is 9.85. The van der Waals surface area contributed by atoms with Gasteiger partial charge in [-0.3, -0.25) is 0 Å². The SMILES string of the molecule is CCOC1CC(Nc2c(Br)cc(Br)cc2Br)C1OC. The molecule has 3 unspecified atom stereocenters. The number of benzene rings is 1. The van der Waals surface area contributed by atoms with E-state index in [1.165, 1.54) is 0 Å². The Morgan fingerprint density at radius 3 is 2.42 bits per heavy atom. The van der Waals surface area contributed by atoms with Crippen molar-refractivity contribution in [3.8, 4) is 0 Å². The number of hydrogen-bond donors (Lipinski definition) is 1. The van der Waals surface area contributed by atoms with Crippen molar-refractivity contribution in [3.05, 3.63) is 25.6 Å². The number of nitrogens with one attached hydrogen (secondary N) is 1. The highest BCUT2D eigenvalue weighted by Gasteiger charge is 2.42. The van der Waals surface area contributed by atoms with Gasteiger partial charge >= 0.3 is 0 Å². The van der Waals surface area contributed by atoms with E-state index in [-0.39, 0.29) is 18.2 Å². The molecule has 1 saturated carbocycles. The van der Waals surface area contributed by atoms with Gasteiger partial charge in [-0.1, -0.05) is 15.9 Å². The summed E-state index contributed by atoms with van der Waals surface area (Å²) in [4.78, 5) is 0. The van der Waals surface area contributed by atoms with Gasteiger partial charge in [0.25, 0.3) is 0 Å². The highest BCUT2D eigenvalue weighted by Crippen LogP contribution is 2.38. The van der Waals surface area contributed by atoms with E-state index >= 15 is 0 Å². The number of ether oxygens (including phenoxy) is 2. The van der Waals surface area contributed by atoms with Crippen molar-refractivity contribution in [2.45, 2.75) is 31.6 Å². The smallest absolute Gasteiger partial charge is 0.103 e. The maximum absolute atomic E-state index is 5.63. The second kappa shape index (κ2) is 6.89. The molecule has 1 N–H and O–H groups in total. The minimum atomic E-state index is 0.0994. The van der Waals surface area contributed by atoms with E-state index in [4.69, 9.17) is 9.47 Å². The van der Waals surface area contributed by atoms with E-state index in [1.807, 2.05) is 19.1 Å². The summed E-state index contributed by atoms with van der Waals surface area (Å²) in [5.74, 6) is 0. The lowest BCUT2D eigenvalue weighted by Crippen LogP contribution is -2.56. The first kappa shape index (κ1) is 15.8. The van der Waals surface area contributed by atoms with Crippen LogP contribution in [-0.2, 0) is 9.47 Å². The van der Waals surface area contributed by atoms with Crippen LogP contribution in [0.4, 0.5) is 5.69 Å². The number of halogens is 3. The van der Waals surface area contributed by atoms with Gasteiger partial charge in [0.2, 0.25) is 0 Å². The first-order valence-corrected chi connectivity index (χ1v) is 8.50. The van der Waals surface area contributed by atoms with Gasteiger partial charge in [-0.05, 0) is 57.3 Å². The Morgan fingerprint density at radius 2 is 1.89 bits per heavy atom. The third-order valence-electron chi connectivity index (χ3n) is 3.24. The van der Waals surface area contributed by atoms with Gasteiger partial charge < -0.3 is 14.8 Å². The van der Waals surface area contributed by atoms with E-state index in [1.54, 1.807) is 7.11 Å². The van der Waals surface area contributed by atoms with Crippen LogP contribution in [0, 0.1) is 0 Å². The fraction of sp³-hybridized carbons (Fsp3) is 0.538. The van der Waals surface area contributed by atoms with Crippen molar-refractivity contribution in [3.63, 3.8) is 0 Å². The summed E-state index contributed by atoms with van der Waals surface area (Å²) in [6, 6.07) is 4.32. The molecule has 0 spiro atoms. The standard InChI is InChI=1S/C13H16Br3NO2/c1-3-19-11-6-10(13(11)18-2)17-12-8(15)4-7(14)5-9(12)16/h4-5,10-11,13,17H,3,6H2,1-2H3. The Hall–Kier alpha value is 0.380. The van der Waals surface area contributed by atoms with Gasteiger partial charge in [0, 0.05) is 27.1 Å². The van der Waals surface area contributed by atoms with E-state index in [2.05, 4.69) is 53.1 Å². The Kier molecular flexibility index (Phi) is 5.72. The topological polar surface area (TPSA) is 30.5 Å². The molecule has 1 aromatic carbocycles. The number of rotatable bonds is 5. The number of anilines is 1. The molecule has 2 rings (SSSR count). The van der Waals surface area contributed by atoms with Crippen molar-refractivity contribution >= 4 is 53.5 Å². The van der Waals surface area contributed by atoms with Gasteiger partial charge in [-0.2, -0.15) is 0 Å².